The Morgan fingerprint density at radius 3 is 2.42 bits per heavy atom. The highest BCUT2D eigenvalue weighted by molar-refractivity contribution is 8.13. The zero-order valence-electron chi connectivity index (χ0n) is 6.55. The van der Waals surface area contributed by atoms with Crippen LogP contribution in [0.2, 0.25) is 0 Å². The largest absolute Gasteiger partial charge is 0.524 e. The predicted octanol–water partition coefficient (Wildman–Crippen LogP) is 1.55. The number of rotatable bonds is 2. The molecule has 0 aromatic heterocycles. The zero-order chi connectivity index (χ0) is 9.78. The van der Waals surface area contributed by atoms with E-state index in [1.165, 1.54) is 0 Å². The molecule has 0 aliphatic heterocycles. The molecule has 1 unspecified atom stereocenters. The average Bonchev–Trinajstić information content (AvgIpc) is 1.82. The Labute approximate surface area is 72.2 Å². The van der Waals surface area contributed by atoms with Crippen molar-refractivity contribution >= 4 is 16.9 Å². The van der Waals surface area contributed by atoms with E-state index < -0.39 is 12.6 Å². The molecule has 0 fully saturated rings. The highest BCUT2D eigenvalue weighted by Crippen LogP contribution is 2.19. The number of amidine groups is 1. The average molecular weight is 202 g/mol. The van der Waals surface area contributed by atoms with Crippen LogP contribution in [0.3, 0.4) is 0 Å². The Bertz CT molecular complexity index is 171. The van der Waals surface area contributed by atoms with Crippen molar-refractivity contribution in [2.75, 3.05) is 6.26 Å². The molecule has 0 saturated heterocycles. The summed E-state index contributed by atoms with van der Waals surface area (Å²) in [6, 6.07) is 0. The number of nitrogens with two attached hydrogens (primary N) is 1. The topological polar surface area (TPSA) is 47.6 Å². The highest BCUT2D eigenvalue weighted by Gasteiger charge is 2.31. The molecule has 3 nitrogen and oxygen atoms in total. The number of thioether (sulfide) groups is 1. The molecule has 12 heavy (non-hydrogen) atoms. The Morgan fingerprint density at radius 1 is 1.58 bits per heavy atom. The first-order valence-corrected chi connectivity index (χ1v) is 4.19. The molecule has 0 aromatic carbocycles. The summed E-state index contributed by atoms with van der Waals surface area (Å²) < 4.78 is 38.1. The third-order valence-electron chi connectivity index (χ3n) is 0.822. The molecule has 0 aromatic rings. The second-order valence-corrected chi connectivity index (χ2v) is 2.66. The molecule has 0 rings (SSSR count). The summed E-state index contributed by atoms with van der Waals surface area (Å²) in [7, 11) is 0. The molecule has 0 spiro atoms. The lowest BCUT2D eigenvalue weighted by atomic mass is 10.7. The van der Waals surface area contributed by atoms with Crippen LogP contribution in [0.5, 0.6) is 0 Å². The minimum atomic E-state index is -4.67. The van der Waals surface area contributed by atoms with Crippen LogP contribution >= 0.6 is 11.8 Å². The minimum absolute atomic E-state index is 0.0618. The Hall–Kier alpha value is -0.430. The zero-order valence-corrected chi connectivity index (χ0v) is 7.37. The molecule has 0 bridgehead atoms. The number of halogens is 3. The molecule has 7 heteroatoms. The van der Waals surface area contributed by atoms with Gasteiger partial charge in [0.1, 0.15) is 0 Å². The van der Waals surface area contributed by atoms with Crippen molar-refractivity contribution < 1.29 is 17.9 Å². The van der Waals surface area contributed by atoms with Crippen LogP contribution in [0.15, 0.2) is 4.99 Å². The maximum Gasteiger partial charge on any atom is 0.524 e. The summed E-state index contributed by atoms with van der Waals surface area (Å²) >= 11 is 1.06. The summed E-state index contributed by atoms with van der Waals surface area (Å²) in [5.41, 5.74) is 5.16. The fraction of sp³-hybridized carbons (Fsp3) is 0.800. The Morgan fingerprint density at radius 2 is 2.08 bits per heavy atom. The number of hydrogen-bond acceptors (Lipinski definition) is 3. The van der Waals surface area contributed by atoms with Crippen molar-refractivity contribution in [2.45, 2.75) is 19.5 Å². The van der Waals surface area contributed by atoms with Gasteiger partial charge < -0.3 is 5.73 Å². The van der Waals surface area contributed by atoms with E-state index in [2.05, 4.69) is 9.73 Å². The van der Waals surface area contributed by atoms with E-state index in [0.717, 1.165) is 18.7 Å². The molecule has 72 valence electrons. The van der Waals surface area contributed by atoms with Crippen LogP contribution in [0.1, 0.15) is 6.92 Å². The second kappa shape index (κ2) is 4.56. The molecule has 0 radical (unpaired) electrons. The molecule has 0 amide bonds. The van der Waals surface area contributed by atoms with Gasteiger partial charge in [-0.1, -0.05) is 11.8 Å². The standard InChI is InChI=1S/C5H9F3N2OS/c1-3(10-4(9)12-2)11-5(6,7)8/h3H,1-2H3,(H2,9,10). The number of nitrogens with zero attached hydrogens (tertiary/aromatic N) is 1. The summed E-state index contributed by atoms with van der Waals surface area (Å²) in [5, 5.41) is 0.0618. The predicted molar refractivity (Wildman–Crippen MR) is 41.7 cm³/mol. The van der Waals surface area contributed by atoms with Crippen LogP contribution in [0.25, 0.3) is 0 Å². The quantitative estimate of drug-likeness (QED) is 0.546. The van der Waals surface area contributed by atoms with Gasteiger partial charge in [-0.25, -0.2) is 4.99 Å². The van der Waals surface area contributed by atoms with E-state index in [9.17, 15) is 13.2 Å². The van der Waals surface area contributed by atoms with Gasteiger partial charge in [-0.2, -0.15) is 0 Å². The third kappa shape index (κ3) is 6.29. The molecule has 0 aliphatic rings. The van der Waals surface area contributed by atoms with Gasteiger partial charge in [0.15, 0.2) is 11.4 Å². The van der Waals surface area contributed by atoms with Crippen molar-refractivity contribution in [3.05, 3.63) is 0 Å². The minimum Gasteiger partial charge on any atom is -0.378 e. The SMILES string of the molecule is CSC(N)=NC(C)OC(F)(F)F. The van der Waals surface area contributed by atoms with E-state index in [1.54, 1.807) is 6.26 Å². The normalized spacial score (nSPS) is 16.2. The maximum atomic E-state index is 11.5. The van der Waals surface area contributed by atoms with Crippen molar-refractivity contribution in [1.29, 1.82) is 0 Å². The van der Waals surface area contributed by atoms with Crippen LogP contribution < -0.4 is 5.73 Å². The number of alkyl halides is 3. The molecular formula is C5H9F3N2OS. The fourth-order valence-electron chi connectivity index (χ4n) is 0.452. The van der Waals surface area contributed by atoms with Crippen molar-refractivity contribution in [2.24, 2.45) is 10.7 Å². The first-order valence-electron chi connectivity index (χ1n) is 2.97. The van der Waals surface area contributed by atoms with Crippen LogP contribution in [-0.2, 0) is 4.74 Å². The lowest BCUT2D eigenvalue weighted by Crippen LogP contribution is -2.22. The second-order valence-electron chi connectivity index (χ2n) is 1.83. The van der Waals surface area contributed by atoms with Crippen molar-refractivity contribution in [3.63, 3.8) is 0 Å². The van der Waals surface area contributed by atoms with E-state index in [-0.39, 0.29) is 5.17 Å². The van der Waals surface area contributed by atoms with Crippen LogP contribution in [0, 0.1) is 0 Å². The molecule has 0 saturated carbocycles. The third-order valence-corrected chi connectivity index (χ3v) is 1.35. The first kappa shape index (κ1) is 11.6. The first-order chi connectivity index (χ1) is 5.35. The summed E-state index contributed by atoms with van der Waals surface area (Å²) in [4.78, 5) is 3.40. The van der Waals surface area contributed by atoms with Crippen LogP contribution in [0.4, 0.5) is 13.2 Å². The highest BCUT2D eigenvalue weighted by atomic mass is 32.2. The summed E-state index contributed by atoms with van der Waals surface area (Å²) in [6.45, 7) is 1.16. The van der Waals surface area contributed by atoms with E-state index >= 15 is 0 Å². The number of hydrogen-bond donors (Lipinski definition) is 1. The maximum absolute atomic E-state index is 11.5. The molecule has 2 N–H and O–H groups in total. The smallest absolute Gasteiger partial charge is 0.378 e. The van der Waals surface area contributed by atoms with Gasteiger partial charge in [-0.3, -0.25) is 4.74 Å². The van der Waals surface area contributed by atoms with Gasteiger partial charge in [-0.05, 0) is 13.2 Å². The van der Waals surface area contributed by atoms with Crippen molar-refractivity contribution in [3.8, 4) is 0 Å². The fourth-order valence-corrected chi connectivity index (χ4v) is 0.705. The Balaban J connectivity index is 3.97. The molecule has 0 heterocycles. The molecule has 1 atom stereocenters. The monoisotopic (exact) mass is 202 g/mol. The number of aliphatic imine (C=N–C) groups is 1. The summed E-state index contributed by atoms with van der Waals surface area (Å²) in [5.74, 6) is 0. The molecular weight excluding hydrogens is 193 g/mol. The van der Waals surface area contributed by atoms with E-state index in [0.29, 0.717) is 0 Å². The van der Waals surface area contributed by atoms with Gasteiger partial charge in [0.25, 0.3) is 0 Å². The van der Waals surface area contributed by atoms with Crippen LogP contribution in [-0.4, -0.2) is 24.0 Å². The lowest BCUT2D eigenvalue weighted by molar-refractivity contribution is -0.339. The Kier molecular flexibility index (Phi) is 4.40. The van der Waals surface area contributed by atoms with E-state index in [4.69, 9.17) is 5.73 Å². The molecule has 0 aliphatic carbocycles. The van der Waals surface area contributed by atoms with Gasteiger partial charge >= 0.3 is 6.36 Å². The van der Waals surface area contributed by atoms with Gasteiger partial charge in [0, 0.05) is 0 Å². The van der Waals surface area contributed by atoms with Crippen molar-refractivity contribution in [1.82, 2.24) is 0 Å². The number of ether oxygens (including phenoxy) is 1. The van der Waals surface area contributed by atoms with E-state index in [1.807, 2.05) is 0 Å². The van der Waals surface area contributed by atoms with Gasteiger partial charge in [-0.15, -0.1) is 13.2 Å². The van der Waals surface area contributed by atoms with Gasteiger partial charge in [0.05, 0.1) is 0 Å². The van der Waals surface area contributed by atoms with Gasteiger partial charge in [0.2, 0.25) is 0 Å². The lowest BCUT2D eigenvalue weighted by Gasteiger charge is -2.11. The summed E-state index contributed by atoms with van der Waals surface area (Å²) in [6.07, 6.45) is -4.35.